The number of rotatable bonds is 13. The van der Waals surface area contributed by atoms with Crippen LogP contribution in [0.4, 0.5) is 0 Å². The number of nitrogens with zero attached hydrogens (tertiary/aromatic N) is 1. The molecule has 10 heteroatoms. The van der Waals surface area contributed by atoms with E-state index in [4.69, 9.17) is 23.6 Å². The Bertz CT molecular complexity index is 2130. The smallest absolute Gasteiger partial charge is 0.303 e. The zero-order valence-corrected chi connectivity index (χ0v) is 31.4. The van der Waals surface area contributed by atoms with Gasteiger partial charge in [-0.1, -0.05) is 145 Å². The molecule has 4 atom stereocenters. The molecule has 7 rings (SSSR count). The van der Waals surface area contributed by atoms with Crippen LogP contribution in [0.1, 0.15) is 54.9 Å². The van der Waals surface area contributed by atoms with E-state index in [9.17, 15) is 14.7 Å². The maximum atomic E-state index is 12.5. The molecule has 0 bridgehead atoms. The lowest BCUT2D eigenvalue weighted by molar-refractivity contribution is -0.245. The van der Waals surface area contributed by atoms with Gasteiger partial charge in [0, 0.05) is 42.3 Å². The zero-order chi connectivity index (χ0) is 38.1. The summed E-state index contributed by atoms with van der Waals surface area (Å²) < 4.78 is 24.7. The van der Waals surface area contributed by atoms with E-state index < -0.39 is 18.4 Å². The molecular weight excluding hydrogens is 713 g/mol. The van der Waals surface area contributed by atoms with Crippen molar-refractivity contribution in [2.75, 3.05) is 5.75 Å². The molecular formula is C45H42N2O7S. The second kappa shape index (κ2) is 17.7. The zero-order valence-electron chi connectivity index (χ0n) is 30.6. The molecule has 4 unspecified atom stereocenters. The summed E-state index contributed by atoms with van der Waals surface area (Å²) in [6.45, 7) is 3.07. The number of carbonyl (C=O) groups is 2. The Kier molecular flexibility index (Phi) is 12.2. The second-order valence-electron chi connectivity index (χ2n) is 13.3. The fourth-order valence-electron chi connectivity index (χ4n) is 6.53. The van der Waals surface area contributed by atoms with Gasteiger partial charge < -0.3 is 29.1 Å². The molecule has 1 aliphatic heterocycles. The van der Waals surface area contributed by atoms with E-state index in [1.54, 1.807) is 6.92 Å². The Balaban J connectivity index is 1.10. The number of benzene rings is 5. The molecule has 55 heavy (non-hydrogen) atoms. The first-order valence-corrected chi connectivity index (χ1v) is 19.2. The van der Waals surface area contributed by atoms with Crippen LogP contribution < -0.4 is 5.32 Å². The minimum absolute atomic E-state index is 0.0296. The lowest BCUT2D eigenvalue weighted by Crippen LogP contribution is -2.35. The van der Waals surface area contributed by atoms with E-state index in [1.165, 1.54) is 18.7 Å². The van der Waals surface area contributed by atoms with E-state index in [2.05, 4.69) is 5.32 Å². The molecule has 6 aromatic rings. The van der Waals surface area contributed by atoms with Crippen LogP contribution in [0.25, 0.3) is 33.7 Å². The van der Waals surface area contributed by atoms with Gasteiger partial charge in [0.05, 0.1) is 18.8 Å². The van der Waals surface area contributed by atoms with Crippen LogP contribution in [0, 0.1) is 0 Å². The van der Waals surface area contributed by atoms with Gasteiger partial charge in [-0.3, -0.25) is 9.59 Å². The fraction of sp³-hybridized carbons (Fsp3) is 0.222. The van der Waals surface area contributed by atoms with Gasteiger partial charge in [-0.2, -0.15) is 0 Å². The van der Waals surface area contributed by atoms with Crippen LogP contribution in [-0.4, -0.2) is 39.9 Å². The highest BCUT2D eigenvalue weighted by Crippen LogP contribution is 2.41. The number of nitrogens with one attached hydrogen (secondary N) is 1. The number of aliphatic hydroxyl groups is 1. The van der Waals surface area contributed by atoms with Gasteiger partial charge in [0.2, 0.25) is 0 Å². The quantitative estimate of drug-likeness (QED) is 0.0879. The molecule has 0 radical (unpaired) electrons. The number of aromatic nitrogens is 1. The van der Waals surface area contributed by atoms with E-state index in [-0.39, 0.29) is 31.3 Å². The van der Waals surface area contributed by atoms with Crippen LogP contribution in [0.5, 0.6) is 0 Å². The highest BCUT2D eigenvalue weighted by molar-refractivity contribution is 7.99. The second-order valence-corrected chi connectivity index (χ2v) is 14.3. The molecule has 1 aliphatic rings. The van der Waals surface area contributed by atoms with Crippen molar-refractivity contribution in [2.45, 2.75) is 63.2 Å². The largest absolute Gasteiger partial charge is 0.453 e. The molecule has 2 heterocycles. The molecule has 9 nitrogen and oxygen atoms in total. The number of amides is 1. The Morgan fingerprint density at radius 1 is 0.818 bits per heavy atom. The summed E-state index contributed by atoms with van der Waals surface area (Å²) in [7, 11) is 0. The third-order valence-corrected chi connectivity index (χ3v) is 10.3. The molecule has 1 amide bonds. The lowest BCUT2D eigenvalue weighted by Gasteiger charge is -2.36. The number of aliphatic hydroxyl groups excluding tert-OH is 1. The normalized spacial score (nSPS) is 17.3. The number of ether oxygens (including phenoxy) is 3. The van der Waals surface area contributed by atoms with Crippen LogP contribution in [0.2, 0.25) is 0 Å². The molecule has 0 aliphatic carbocycles. The lowest BCUT2D eigenvalue weighted by atomic mass is 9.97. The summed E-state index contributed by atoms with van der Waals surface area (Å²) in [6, 6.07) is 43.8. The maximum Gasteiger partial charge on any atom is 0.303 e. The van der Waals surface area contributed by atoms with Crippen molar-refractivity contribution >= 4 is 23.6 Å². The Hall–Kier alpha value is -5.52. The van der Waals surface area contributed by atoms with Crippen molar-refractivity contribution in [1.82, 2.24) is 10.3 Å². The van der Waals surface area contributed by atoms with Crippen molar-refractivity contribution in [1.29, 1.82) is 0 Å². The van der Waals surface area contributed by atoms with Gasteiger partial charge in [0.25, 0.3) is 11.1 Å². The van der Waals surface area contributed by atoms with Crippen molar-refractivity contribution in [2.24, 2.45) is 0 Å². The summed E-state index contributed by atoms with van der Waals surface area (Å²) in [5.41, 5.74) is 8.29. The minimum atomic E-state index is -0.882. The third kappa shape index (κ3) is 9.41. The van der Waals surface area contributed by atoms with Gasteiger partial charge in [0.15, 0.2) is 18.2 Å². The molecule has 0 saturated carbocycles. The minimum Gasteiger partial charge on any atom is -0.453 e. The van der Waals surface area contributed by atoms with Crippen molar-refractivity contribution in [3.8, 4) is 33.7 Å². The average molecular weight is 755 g/mol. The predicted molar refractivity (Wildman–Crippen MR) is 211 cm³/mol. The number of esters is 1. The van der Waals surface area contributed by atoms with Gasteiger partial charge in [-0.25, -0.2) is 4.98 Å². The van der Waals surface area contributed by atoms with Crippen LogP contribution in [-0.2, 0) is 37.0 Å². The van der Waals surface area contributed by atoms with E-state index >= 15 is 0 Å². The molecule has 2 N–H and O–H groups in total. The molecule has 1 fully saturated rings. The van der Waals surface area contributed by atoms with Crippen LogP contribution in [0.3, 0.4) is 0 Å². The topological polar surface area (TPSA) is 120 Å². The first kappa shape index (κ1) is 37.8. The third-order valence-electron chi connectivity index (χ3n) is 9.37. The molecule has 5 aromatic carbocycles. The standard InChI is InChI=1S/C45H42N2O7S/c1-29(51-30(2)49)43(50)46-26-37-15-9-10-16-39(37)32-21-23-36(24-22-32)44-52-38(25-40(53-44)33-19-17-31(27-48)18-20-33)28-55-45-47-41(34-11-5-3-6-12-34)42(54-45)35-13-7-4-8-14-35/h3-24,29,38,40,44,48H,25-28H2,1-2H3,(H,46,50). The number of hydrogen-bond acceptors (Lipinski definition) is 9. The van der Waals surface area contributed by atoms with E-state index in [0.29, 0.717) is 17.4 Å². The Morgan fingerprint density at radius 2 is 1.47 bits per heavy atom. The number of carbonyl (C=O) groups excluding carboxylic acids is 2. The predicted octanol–water partition coefficient (Wildman–Crippen LogP) is 9.07. The van der Waals surface area contributed by atoms with Gasteiger partial charge in [-0.15, -0.1) is 0 Å². The summed E-state index contributed by atoms with van der Waals surface area (Å²) in [4.78, 5) is 28.8. The van der Waals surface area contributed by atoms with Crippen LogP contribution >= 0.6 is 11.8 Å². The SMILES string of the molecule is CC(=O)OC(C)C(=O)NCc1ccccc1-c1ccc(C2OC(CSc3nc(-c4ccccc4)c(-c4ccccc4)o3)CC(c3ccc(CO)cc3)O2)cc1. The van der Waals surface area contributed by atoms with Crippen molar-refractivity contribution in [3.63, 3.8) is 0 Å². The molecule has 280 valence electrons. The number of hydrogen-bond donors (Lipinski definition) is 2. The first-order chi connectivity index (χ1) is 26.8. The molecule has 0 spiro atoms. The Labute approximate surface area is 324 Å². The van der Waals surface area contributed by atoms with Gasteiger partial charge in [-0.05, 0) is 34.7 Å². The number of oxazole rings is 1. The number of thioether (sulfide) groups is 1. The van der Waals surface area contributed by atoms with Gasteiger partial charge in [0.1, 0.15) is 5.69 Å². The summed E-state index contributed by atoms with van der Waals surface area (Å²) >= 11 is 1.52. The van der Waals surface area contributed by atoms with E-state index in [1.807, 2.05) is 133 Å². The fourth-order valence-corrected chi connectivity index (χ4v) is 7.37. The summed E-state index contributed by atoms with van der Waals surface area (Å²) in [6.07, 6.45) is -1.35. The molecule has 1 saturated heterocycles. The van der Waals surface area contributed by atoms with E-state index in [0.717, 1.165) is 56.0 Å². The van der Waals surface area contributed by atoms with Crippen LogP contribution in [0.15, 0.2) is 143 Å². The summed E-state index contributed by atoms with van der Waals surface area (Å²) in [5, 5.41) is 13.1. The highest BCUT2D eigenvalue weighted by Gasteiger charge is 2.33. The Morgan fingerprint density at radius 3 is 2.16 bits per heavy atom. The van der Waals surface area contributed by atoms with Gasteiger partial charge >= 0.3 is 5.97 Å². The average Bonchev–Trinajstić information content (AvgIpc) is 3.67. The first-order valence-electron chi connectivity index (χ1n) is 18.2. The summed E-state index contributed by atoms with van der Waals surface area (Å²) in [5.74, 6) is 0.440. The maximum absolute atomic E-state index is 12.5. The highest BCUT2D eigenvalue weighted by atomic mass is 32.2. The monoisotopic (exact) mass is 754 g/mol. The van der Waals surface area contributed by atoms with Crippen molar-refractivity contribution in [3.05, 3.63) is 156 Å². The van der Waals surface area contributed by atoms with Crippen molar-refractivity contribution < 1.29 is 33.3 Å². The molecule has 1 aromatic heterocycles.